The molecule has 3 rings (SSSR count). The van der Waals surface area contributed by atoms with Crippen molar-refractivity contribution in [3.8, 4) is 23.5 Å². The molecule has 0 unspecified atom stereocenters. The number of nitrogens with zero attached hydrogens (tertiary/aromatic N) is 2. The van der Waals surface area contributed by atoms with Gasteiger partial charge in [0.25, 0.3) is 0 Å². The van der Waals surface area contributed by atoms with E-state index in [1.54, 1.807) is 6.07 Å². The largest absolute Gasteiger partial charge is 0.464 e. The third-order valence-corrected chi connectivity index (χ3v) is 4.85. The molecule has 6 nitrogen and oxygen atoms in total. The van der Waals surface area contributed by atoms with Gasteiger partial charge in [-0.2, -0.15) is 0 Å². The van der Waals surface area contributed by atoms with Crippen molar-refractivity contribution < 1.29 is 19.1 Å². The summed E-state index contributed by atoms with van der Waals surface area (Å²) in [4.78, 5) is 21.6. The standard InChI is InChI=1S/C25H24N2O4.3C2H6/c1-17-15-19(22(16-18(17)2)24(27-30-4)25(28)29-3)13-14-20-9-8-12-23(26-20)31-21-10-6-5-7-11-21;3*1-2/h5-12H,15-16H2,1-4H3;3*1-2H3/b27-24-;;;. The number of para-hydroxylation sites is 1. The minimum Gasteiger partial charge on any atom is -0.464 e. The zero-order chi connectivity index (χ0) is 28.2. The van der Waals surface area contributed by atoms with Gasteiger partial charge in [0.05, 0.1) is 7.11 Å². The SMILES string of the molecule is CC.CC.CC.CO/N=C(\C(=O)OC)C1=C(C#Cc2cccc(Oc3ccccc3)n2)CC(C)=C(C)C1. The van der Waals surface area contributed by atoms with E-state index in [1.807, 2.05) is 90.9 Å². The van der Waals surface area contributed by atoms with E-state index >= 15 is 0 Å². The summed E-state index contributed by atoms with van der Waals surface area (Å²) < 4.78 is 10.7. The van der Waals surface area contributed by atoms with E-state index in [9.17, 15) is 4.79 Å². The quantitative estimate of drug-likeness (QED) is 0.135. The van der Waals surface area contributed by atoms with Crippen LogP contribution in [0.25, 0.3) is 0 Å². The highest BCUT2D eigenvalue weighted by Crippen LogP contribution is 2.30. The Hall–Kier alpha value is -3.85. The summed E-state index contributed by atoms with van der Waals surface area (Å²) in [5.41, 5.74) is 4.58. The molecule has 1 aromatic carbocycles. The average Bonchev–Trinajstić information content (AvgIpc) is 2.96. The molecule has 0 spiro atoms. The van der Waals surface area contributed by atoms with Gasteiger partial charge in [0.2, 0.25) is 5.88 Å². The van der Waals surface area contributed by atoms with Gasteiger partial charge in [-0.1, -0.05) is 88.0 Å². The maximum absolute atomic E-state index is 12.3. The molecule has 0 aliphatic heterocycles. The number of ether oxygens (including phenoxy) is 2. The first kappa shape index (κ1) is 33.1. The fraction of sp³-hybridized carbons (Fsp3) is 0.387. The van der Waals surface area contributed by atoms with Crippen molar-refractivity contribution in [1.82, 2.24) is 4.98 Å². The van der Waals surface area contributed by atoms with Crippen LogP contribution in [0, 0.1) is 11.8 Å². The van der Waals surface area contributed by atoms with E-state index in [-0.39, 0.29) is 5.71 Å². The summed E-state index contributed by atoms with van der Waals surface area (Å²) >= 11 is 0. The highest BCUT2D eigenvalue weighted by Gasteiger charge is 2.25. The van der Waals surface area contributed by atoms with Crippen molar-refractivity contribution in [1.29, 1.82) is 0 Å². The van der Waals surface area contributed by atoms with Crippen LogP contribution in [0.3, 0.4) is 0 Å². The lowest BCUT2D eigenvalue weighted by Crippen LogP contribution is -2.22. The first-order valence-electron chi connectivity index (χ1n) is 12.8. The molecule has 1 aromatic heterocycles. The molecule has 1 heterocycles. The molecule has 0 saturated heterocycles. The van der Waals surface area contributed by atoms with Crippen LogP contribution in [0.1, 0.15) is 73.9 Å². The van der Waals surface area contributed by atoms with E-state index < -0.39 is 5.97 Å². The molecule has 0 atom stereocenters. The lowest BCUT2D eigenvalue weighted by Gasteiger charge is -2.20. The predicted octanol–water partition coefficient (Wildman–Crippen LogP) is 7.91. The minimum absolute atomic E-state index is 0.135. The Morgan fingerprint density at radius 2 is 1.46 bits per heavy atom. The molecular formula is C31H42N2O4. The molecule has 0 fully saturated rings. The Balaban J connectivity index is 0.00000201. The molecule has 1 aliphatic carbocycles. The van der Waals surface area contributed by atoms with Gasteiger partial charge in [-0.05, 0) is 44.4 Å². The molecule has 6 heteroatoms. The third-order valence-electron chi connectivity index (χ3n) is 4.85. The lowest BCUT2D eigenvalue weighted by atomic mass is 9.85. The number of rotatable bonds is 5. The van der Waals surface area contributed by atoms with Gasteiger partial charge in [-0.15, -0.1) is 0 Å². The first-order valence-corrected chi connectivity index (χ1v) is 12.8. The van der Waals surface area contributed by atoms with Crippen molar-refractivity contribution in [2.75, 3.05) is 14.2 Å². The maximum atomic E-state index is 12.3. The summed E-state index contributed by atoms with van der Waals surface area (Å²) in [5, 5.41) is 3.90. The number of oxime groups is 1. The zero-order valence-electron chi connectivity index (χ0n) is 24.1. The second kappa shape index (κ2) is 19.4. The van der Waals surface area contributed by atoms with E-state index in [4.69, 9.17) is 14.3 Å². The number of aromatic nitrogens is 1. The number of carbonyl (C=O) groups is 1. The topological polar surface area (TPSA) is 70.0 Å². The molecule has 0 radical (unpaired) electrons. The normalized spacial score (nSPS) is 12.2. The first-order chi connectivity index (χ1) is 18.0. The molecule has 0 amide bonds. The molecule has 0 bridgehead atoms. The Morgan fingerprint density at radius 3 is 2.05 bits per heavy atom. The fourth-order valence-corrected chi connectivity index (χ4v) is 3.09. The molecule has 200 valence electrons. The number of carbonyl (C=O) groups excluding carboxylic acids is 1. The van der Waals surface area contributed by atoms with Crippen LogP contribution in [-0.2, 0) is 14.4 Å². The molecule has 2 aromatic rings. The smallest absolute Gasteiger partial charge is 0.360 e. The average molecular weight is 507 g/mol. The van der Waals surface area contributed by atoms with E-state index in [2.05, 4.69) is 28.9 Å². The summed E-state index contributed by atoms with van der Waals surface area (Å²) in [5.74, 6) is 6.87. The lowest BCUT2D eigenvalue weighted by molar-refractivity contribution is -0.132. The van der Waals surface area contributed by atoms with Crippen LogP contribution in [0.15, 0.2) is 76.0 Å². The van der Waals surface area contributed by atoms with Crippen LogP contribution in [0.4, 0.5) is 0 Å². The molecule has 1 aliphatic rings. The number of hydrogen-bond acceptors (Lipinski definition) is 6. The highest BCUT2D eigenvalue weighted by molar-refractivity contribution is 6.43. The monoisotopic (exact) mass is 506 g/mol. The fourth-order valence-electron chi connectivity index (χ4n) is 3.09. The Kier molecular flexibility index (Phi) is 17.3. The summed E-state index contributed by atoms with van der Waals surface area (Å²) in [6, 6.07) is 14.9. The van der Waals surface area contributed by atoms with Gasteiger partial charge in [0.15, 0.2) is 5.71 Å². The van der Waals surface area contributed by atoms with Gasteiger partial charge in [0, 0.05) is 23.6 Å². The molecular weight excluding hydrogens is 464 g/mol. The highest BCUT2D eigenvalue weighted by atomic mass is 16.6. The van der Waals surface area contributed by atoms with Crippen molar-refractivity contribution in [3.63, 3.8) is 0 Å². The van der Waals surface area contributed by atoms with Crippen LogP contribution >= 0.6 is 0 Å². The number of esters is 1. The van der Waals surface area contributed by atoms with Gasteiger partial charge in [-0.3, -0.25) is 0 Å². The second-order valence-electron chi connectivity index (χ2n) is 7.01. The van der Waals surface area contributed by atoms with Crippen molar-refractivity contribution in [2.45, 2.75) is 68.2 Å². The van der Waals surface area contributed by atoms with Gasteiger partial charge < -0.3 is 14.3 Å². The second-order valence-corrected chi connectivity index (χ2v) is 7.01. The molecule has 37 heavy (non-hydrogen) atoms. The van der Waals surface area contributed by atoms with E-state index in [1.165, 1.54) is 25.4 Å². The van der Waals surface area contributed by atoms with Crippen LogP contribution in [0.2, 0.25) is 0 Å². The molecule has 0 N–H and O–H groups in total. The number of allylic oxidation sites excluding steroid dienone is 3. The van der Waals surface area contributed by atoms with E-state index in [0.717, 1.165) is 5.57 Å². The van der Waals surface area contributed by atoms with Crippen molar-refractivity contribution in [3.05, 3.63) is 76.5 Å². The number of pyridine rings is 1. The minimum atomic E-state index is -0.556. The number of benzene rings is 1. The Bertz CT molecular complexity index is 1120. The zero-order valence-corrected chi connectivity index (χ0v) is 24.1. The summed E-state index contributed by atoms with van der Waals surface area (Å²) in [6.45, 7) is 16.1. The van der Waals surface area contributed by atoms with Gasteiger partial charge in [0.1, 0.15) is 18.6 Å². The Labute approximate surface area is 223 Å². The summed E-state index contributed by atoms with van der Waals surface area (Å²) in [6.07, 6.45) is 1.17. The molecule has 0 saturated carbocycles. The maximum Gasteiger partial charge on any atom is 0.360 e. The number of methoxy groups -OCH3 is 1. The number of hydrogen-bond donors (Lipinski definition) is 0. The van der Waals surface area contributed by atoms with Crippen molar-refractivity contribution >= 4 is 11.7 Å². The van der Waals surface area contributed by atoms with E-state index in [0.29, 0.717) is 35.7 Å². The summed E-state index contributed by atoms with van der Waals surface area (Å²) in [7, 11) is 2.71. The predicted molar refractivity (Wildman–Crippen MR) is 153 cm³/mol. The third kappa shape index (κ3) is 10.7. The van der Waals surface area contributed by atoms with Crippen LogP contribution < -0.4 is 4.74 Å². The van der Waals surface area contributed by atoms with Crippen LogP contribution in [0.5, 0.6) is 11.6 Å². The van der Waals surface area contributed by atoms with Crippen molar-refractivity contribution in [2.24, 2.45) is 5.16 Å². The van der Waals surface area contributed by atoms with Gasteiger partial charge >= 0.3 is 5.97 Å². The Morgan fingerprint density at radius 1 is 0.838 bits per heavy atom. The van der Waals surface area contributed by atoms with Crippen LogP contribution in [-0.4, -0.2) is 30.9 Å². The van der Waals surface area contributed by atoms with Gasteiger partial charge in [-0.25, -0.2) is 9.78 Å².